The van der Waals surface area contributed by atoms with Crippen molar-refractivity contribution in [3.8, 4) is 5.75 Å². The van der Waals surface area contributed by atoms with Gasteiger partial charge in [-0.15, -0.1) is 11.3 Å². The minimum Gasteiger partial charge on any atom is -0.496 e. The fourth-order valence-electron chi connectivity index (χ4n) is 1.95. The van der Waals surface area contributed by atoms with Crippen LogP contribution in [0.2, 0.25) is 0 Å². The van der Waals surface area contributed by atoms with Crippen molar-refractivity contribution in [3.63, 3.8) is 0 Å². The number of carbonyl (C=O) groups excluding carboxylic acids is 3. The Morgan fingerprint density at radius 2 is 2.00 bits per heavy atom. The van der Waals surface area contributed by atoms with E-state index in [1.165, 1.54) is 24.5 Å². The molecular weight excluding hydrogens is 344 g/mol. The van der Waals surface area contributed by atoms with Gasteiger partial charge in [0.05, 0.1) is 19.2 Å². The summed E-state index contributed by atoms with van der Waals surface area (Å²) >= 11 is 1.49. The van der Waals surface area contributed by atoms with Crippen molar-refractivity contribution in [2.24, 2.45) is 0 Å². The first-order valence-corrected chi connectivity index (χ1v) is 8.29. The molecule has 0 saturated carbocycles. The van der Waals surface area contributed by atoms with Crippen molar-refractivity contribution < 1.29 is 23.9 Å². The number of benzene rings is 1. The minimum absolute atomic E-state index is 0.261. The number of thiophene rings is 1. The van der Waals surface area contributed by atoms with Crippen LogP contribution in [0.3, 0.4) is 0 Å². The molecule has 0 atom stereocenters. The Bertz CT molecular complexity index is 758. The van der Waals surface area contributed by atoms with Gasteiger partial charge in [-0.3, -0.25) is 10.1 Å². The Hall–Kier alpha value is -2.87. The lowest BCUT2D eigenvalue weighted by Gasteiger charge is -2.09. The molecule has 2 aromatic rings. The largest absolute Gasteiger partial charge is 0.496 e. The zero-order chi connectivity index (χ0) is 18.2. The van der Waals surface area contributed by atoms with E-state index in [-0.39, 0.29) is 5.56 Å². The van der Waals surface area contributed by atoms with Gasteiger partial charge in [-0.1, -0.05) is 12.1 Å². The molecule has 3 amide bonds. The highest BCUT2D eigenvalue weighted by Gasteiger charge is 2.14. The zero-order valence-electron chi connectivity index (χ0n) is 13.8. The predicted molar refractivity (Wildman–Crippen MR) is 92.7 cm³/mol. The van der Waals surface area contributed by atoms with Crippen LogP contribution in [0.4, 0.5) is 4.79 Å². The molecule has 132 valence electrons. The molecule has 1 aromatic carbocycles. The number of rotatable bonds is 6. The number of methoxy groups -OCH3 is 1. The van der Waals surface area contributed by atoms with Crippen molar-refractivity contribution in [3.05, 3.63) is 51.7 Å². The van der Waals surface area contributed by atoms with Crippen LogP contribution in [0, 0.1) is 6.92 Å². The quantitative estimate of drug-likeness (QED) is 0.769. The van der Waals surface area contributed by atoms with Crippen molar-refractivity contribution in [1.29, 1.82) is 0 Å². The van der Waals surface area contributed by atoms with E-state index in [9.17, 15) is 14.4 Å². The topological polar surface area (TPSA) is 93.7 Å². The summed E-state index contributed by atoms with van der Waals surface area (Å²) in [7, 11) is 1.50. The first-order chi connectivity index (χ1) is 12.0. The summed E-state index contributed by atoms with van der Waals surface area (Å²) < 4.78 is 10.0. The average Bonchev–Trinajstić information content (AvgIpc) is 3.12. The molecule has 8 heteroatoms. The number of urea groups is 1. The van der Waals surface area contributed by atoms with Crippen molar-refractivity contribution in [1.82, 2.24) is 10.6 Å². The Morgan fingerprint density at radius 3 is 2.68 bits per heavy atom. The summed E-state index contributed by atoms with van der Waals surface area (Å²) in [5.41, 5.74) is 1.14. The Balaban J connectivity index is 1.77. The molecule has 0 spiro atoms. The van der Waals surface area contributed by atoms with Gasteiger partial charge in [0.1, 0.15) is 5.75 Å². The second-order valence-electron chi connectivity index (χ2n) is 5.07. The third-order valence-corrected chi connectivity index (χ3v) is 4.11. The van der Waals surface area contributed by atoms with Crippen LogP contribution in [-0.4, -0.2) is 31.6 Å². The van der Waals surface area contributed by atoms with E-state index in [2.05, 4.69) is 10.6 Å². The number of aryl methyl sites for hydroxylation is 1. The molecule has 0 saturated heterocycles. The van der Waals surface area contributed by atoms with Crippen LogP contribution in [0.1, 0.15) is 20.8 Å². The van der Waals surface area contributed by atoms with Crippen LogP contribution in [-0.2, 0) is 16.1 Å². The van der Waals surface area contributed by atoms with Gasteiger partial charge in [0.25, 0.3) is 5.91 Å². The fraction of sp³-hybridized carbons (Fsp3) is 0.235. The number of carbonyl (C=O) groups is 3. The van der Waals surface area contributed by atoms with E-state index >= 15 is 0 Å². The van der Waals surface area contributed by atoms with Crippen molar-refractivity contribution in [2.75, 3.05) is 13.7 Å². The standard InChI is InChI=1S/C17H18N2O5S/c1-11-5-6-12(8-14(11)23-2)16(21)24-10-15(20)19-17(22)18-9-13-4-3-7-25-13/h3-8H,9-10H2,1-2H3,(H2,18,19,20,22). The number of imide groups is 1. The van der Waals surface area contributed by atoms with Gasteiger partial charge in [-0.25, -0.2) is 9.59 Å². The maximum Gasteiger partial charge on any atom is 0.338 e. The van der Waals surface area contributed by atoms with E-state index < -0.39 is 24.5 Å². The molecule has 2 N–H and O–H groups in total. The van der Waals surface area contributed by atoms with Crippen LogP contribution in [0.15, 0.2) is 35.7 Å². The summed E-state index contributed by atoms with van der Waals surface area (Å²) in [6.07, 6.45) is 0. The predicted octanol–water partition coefficient (Wildman–Crippen LogP) is 2.25. The molecule has 7 nitrogen and oxygen atoms in total. The summed E-state index contributed by atoms with van der Waals surface area (Å²) in [6, 6.07) is 7.91. The SMILES string of the molecule is COc1cc(C(=O)OCC(=O)NC(=O)NCc2cccs2)ccc1C. The van der Waals surface area contributed by atoms with Crippen LogP contribution < -0.4 is 15.4 Å². The van der Waals surface area contributed by atoms with Gasteiger partial charge in [-0.2, -0.15) is 0 Å². The second-order valence-corrected chi connectivity index (χ2v) is 6.10. The Kier molecular flexibility index (Phi) is 6.53. The number of nitrogens with one attached hydrogen (secondary N) is 2. The highest BCUT2D eigenvalue weighted by molar-refractivity contribution is 7.09. The smallest absolute Gasteiger partial charge is 0.338 e. The van der Waals surface area contributed by atoms with E-state index in [1.807, 2.05) is 24.4 Å². The molecule has 1 aromatic heterocycles. The van der Waals surface area contributed by atoms with Gasteiger partial charge in [0, 0.05) is 4.88 Å². The summed E-state index contributed by atoms with van der Waals surface area (Å²) in [5.74, 6) is -0.838. The Morgan fingerprint density at radius 1 is 1.20 bits per heavy atom. The number of ether oxygens (including phenoxy) is 2. The highest BCUT2D eigenvalue weighted by atomic mass is 32.1. The van der Waals surface area contributed by atoms with Crippen molar-refractivity contribution in [2.45, 2.75) is 13.5 Å². The van der Waals surface area contributed by atoms with E-state index in [0.29, 0.717) is 12.3 Å². The first-order valence-electron chi connectivity index (χ1n) is 7.41. The van der Waals surface area contributed by atoms with Gasteiger partial charge in [0.2, 0.25) is 0 Å². The molecule has 0 radical (unpaired) electrons. The number of esters is 1. The lowest BCUT2D eigenvalue weighted by molar-refractivity contribution is -0.123. The number of amides is 3. The monoisotopic (exact) mass is 362 g/mol. The van der Waals surface area contributed by atoms with Crippen molar-refractivity contribution >= 4 is 29.2 Å². The third-order valence-electron chi connectivity index (χ3n) is 3.23. The van der Waals surface area contributed by atoms with E-state index in [0.717, 1.165) is 10.4 Å². The van der Waals surface area contributed by atoms with E-state index in [1.54, 1.807) is 12.1 Å². The third kappa shape index (κ3) is 5.61. The molecule has 0 aliphatic carbocycles. The molecule has 0 bridgehead atoms. The first kappa shape index (κ1) is 18.5. The molecule has 2 rings (SSSR count). The maximum absolute atomic E-state index is 11.9. The fourth-order valence-corrected chi connectivity index (χ4v) is 2.59. The van der Waals surface area contributed by atoms with Crippen LogP contribution >= 0.6 is 11.3 Å². The summed E-state index contributed by atoms with van der Waals surface area (Å²) in [4.78, 5) is 36.1. The zero-order valence-corrected chi connectivity index (χ0v) is 14.6. The maximum atomic E-state index is 11.9. The van der Waals surface area contributed by atoms with Gasteiger partial charge in [-0.05, 0) is 36.1 Å². The summed E-state index contributed by atoms with van der Waals surface area (Å²) in [5, 5.41) is 6.52. The second kappa shape index (κ2) is 8.84. The van der Waals surface area contributed by atoms with E-state index in [4.69, 9.17) is 9.47 Å². The normalized spacial score (nSPS) is 10.0. The molecule has 0 aliphatic heterocycles. The lowest BCUT2D eigenvalue weighted by Crippen LogP contribution is -2.41. The van der Waals surface area contributed by atoms with Gasteiger partial charge in [0.15, 0.2) is 6.61 Å². The molecule has 0 fully saturated rings. The molecule has 0 unspecified atom stereocenters. The molecular formula is C17H18N2O5S. The van der Waals surface area contributed by atoms with Gasteiger partial charge < -0.3 is 14.8 Å². The van der Waals surface area contributed by atoms with Gasteiger partial charge >= 0.3 is 12.0 Å². The van der Waals surface area contributed by atoms with Crippen LogP contribution in [0.5, 0.6) is 5.75 Å². The molecule has 1 heterocycles. The number of hydrogen-bond donors (Lipinski definition) is 2. The van der Waals surface area contributed by atoms with Crippen LogP contribution in [0.25, 0.3) is 0 Å². The minimum atomic E-state index is -0.712. The Labute approximate surface area is 148 Å². The average molecular weight is 362 g/mol. The molecule has 25 heavy (non-hydrogen) atoms. The molecule has 0 aliphatic rings. The lowest BCUT2D eigenvalue weighted by atomic mass is 10.1. The summed E-state index contributed by atoms with van der Waals surface area (Å²) in [6.45, 7) is 1.61. The number of hydrogen-bond acceptors (Lipinski definition) is 6. The highest BCUT2D eigenvalue weighted by Crippen LogP contribution is 2.19.